The molecule has 0 radical (unpaired) electrons. The first-order chi connectivity index (χ1) is 5.86. The number of aliphatic imine (C=N–C) groups is 1. The second-order valence-electron chi connectivity index (χ2n) is 3.02. The van der Waals surface area contributed by atoms with Gasteiger partial charge in [0.25, 0.3) is 0 Å². The summed E-state index contributed by atoms with van der Waals surface area (Å²) in [5.41, 5.74) is 1.11. The highest BCUT2D eigenvalue weighted by atomic mass is 16.3. The molecular weight excluding hydrogens is 150 g/mol. The van der Waals surface area contributed by atoms with Gasteiger partial charge < -0.3 is 5.11 Å². The average molecular weight is 161 g/mol. The van der Waals surface area contributed by atoms with Gasteiger partial charge in [-0.3, -0.25) is 4.99 Å². The Labute approximate surface area is 71.6 Å². The number of phenolic OH excluding ortho intramolecular Hbond substituents is 1. The van der Waals surface area contributed by atoms with Crippen molar-refractivity contribution in [1.82, 2.24) is 0 Å². The van der Waals surface area contributed by atoms with E-state index in [1.165, 1.54) is 0 Å². The number of phenols is 1. The molecule has 62 valence electrons. The van der Waals surface area contributed by atoms with Crippen LogP contribution in [-0.2, 0) is 0 Å². The smallest absolute Gasteiger partial charge is 0.115 e. The number of hydrogen-bond acceptors (Lipinski definition) is 2. The molecule has 0 amide bonds. The fraction of sp³-hybridized carbons (Fsp3) is 0.300. The molecule has 1 N–H and O–H groups in total. The minimum Gasteiger partial charge on any atom is -0.508 e. The van der Waals surface area contributed by atoms with Gasteiger partial charge in [-0.05, 0) is 36.8 Å². The first kappa shape index (κ1) is 7.35. The Balaban J connectivity index is 2.27. The Morgan fingerprint density at radius 3 is 3.00 bits per heavy atom. The molecule has 0 fully saturated rings. The lowest BCUT2D eigenvalue weighted by molar-refractivity contribution is 0.473. The van der Waals surface area contributed by atoms with Crippen LogP contribution in [-0.4, -0.2) is 11.3 Å². The summed E-state index contributed by atoms with van der Waals surface area (Å²) >= 11 is 0. The third-order valence-corrected chi connectivity index (χ3v) is 2.11. The summed E-state index contributed by atoms with van der Waals surface area (Å²) in [5, 5.41) is 9.22. The molecule has 2 rings (SSSR count). The van der Waals surface area contributed by atoms with Gasteiger partial charge in [-0.25, -0.2) is 0 Å². The Morgan fingerprint density at radius 2 is 2.33 bits per heavy atom. The lowest BCUT2D eigenvalue weighted by atomic mass is 10.1. The van der Waals surface area contributed by atoms with Crippen molar-refractivity contribution < 1.29 is 5.11 Å². The summed E-state index contributed by atoms with van der Waals surface area (Å²) in [7, 11) is 0. The molecule has 12 heavy (non-hydrogen) atoms. The number of aromatic hydroxyl groups is 1. The summed E-state index contributed by atoms with van der Waals surface area (Å²) in [6, 6.07) is 7.61. The standard InChI is InChI=1S/C10H11NO/c12-9-4-1-3-8(7-9)10-5-2-6-11-10/h1,3-4,6-7,10,12H,2,5H2. The third-order valence-electron chi connectivity index (χ3n) is 2.11. The van der Waals surface area contributed by atoms with Crippen LogP contribution in [0.25, 0.3) is 0 Å². The minimum absolute atomic E-state index is 0.275. The maximum Gasteiger partial charge on any atom is 0.115 e. The Kier molecular flexibility index (Phi) is 1.82. The first-order valence-corrected chi connectivity index (χ1v) is 4.17. The van der Waals surface area contributed by atoms with Crippen molar-refractivity contribution in [2.24, 2.45) is 4.99 Å². The summed E-state index contributed by atoms with van der Waals surface area (Å²) < 4.78 is 0. The van der Waals surface area contributed by atoms with Gasteiger partial charge in [-0.15, -0.1) is 0 Å². The van der Waals surface area contributed by atoms with Gasteiger partial charge in [0.05, 0.1) is 6.04 Å². The van der Waals surface area contributed by atoms with Crippen molar-refractivity contribution in [2.45, 2.75) is 18.9 Å². The highest BCUT2D eigenvalue weighted by molar-refractivity contribution is 5.60. The number of nitrogens with zero attached hydrogens (tertiary/aromatic N) is 1. The fourth-order valence-electron chi connectivity index (χ4n) is 1.49. The van der Waals surface area contributed by atoms with Crippen LogP contribution >= 0.6 is 0 Å². The second-order valence-corrected chi connectivity index (χ2v) is 3.02. The van der Waals surface area contributed by atoms with E-state index < -0.39 is 0 Å². The maximum absolute atomic E-state index is 9.22. The summed E-state index contributed by atoms with van der Waals surface area (Å²) in [6.45, 7) is 0. The quantitative estimate of drug-likeness (QED) is 0.673. The van der Waals surface area contributed by atoms with Crippen molar-refractivity contribution in [3.8, 4) is 5.75 Å². The largest absolute Gasteiger partial charge is 0.508 e. The number of hydrogen-bond donors (Lipinski definition) is 1. The summed E-state index contributed by atoms with van der Waals surface area (Å²) in [5.74, 6) is 0.328. The van der Waals surface area contributed by atoms with Crippen molar-refractivity contribution >= 4 is 6.21 Å². The van der Waals surface area contributed by atoms with Gasteiger partial charge >= 0.3 is 0 Å². The van der Waals surface area contributed by atoms with Gasteiger partial charge in [0.1, 0.15) is 5.75 Å². The zero-order chi connectivity index (χ0) is 8.39. The maximum atomic E-state index is 9.22. The van der Waals surface area contributed by atoms with Crippen LogP contribution in [0, 0.1) is 0 Å². The molecular formula is C10H11NO. The molecule has 2 heteroatoms. The number of rotatable bonds is 1. The fourth-order valence-corrected chi connectivity index (χ4v) is 1.49. The van der Waals surface area contributed by atoms with Crippen molar-refractivity contribution in [2.75, 3.05) is 0 Å². The first-order valence-electron chi connectivity index (χ1n) is 4.17. The van der Waals surface area contributed by atoms with Gasteiger partial charge in [0, 0.05) is 0 Å². The summed E-state index contributed by atoms with van der Waals surface area (Å²) in [6.07, 6.45) is 4.08. The predicted octanol–water partition coefficient (Wildman–Crippen LogP) is 2.30. The van der Waals surface area contributed by atoms with E-state index in [2.05, 4.69) is 4.99 Å². The molecule has 1 aliphatic rings. The van der Waals surface area contributed by atoms with E-state index in [0.717, 1.165) is 18.4 Å². The third kappa shape index (κ3) is 1.33. The monoisotopic (exact) mass is 161 g/mol. The highest BCUT2D eigenvalue weighted by Gasteiger charge is 2.12. The van der Waals surface area contributed by atoms with Crippen molar-refractivity contribution in [3.05, 3.63) is 29.8 Å². The molecule has 0 aromatic heterocycles. The normalized spacial score (nSPS) is 21.5. The van der Waals surface area contributed by atoms with Crippen LogP contribution in [0.3, 0.4) is 0 Å². The SMILES string of the molecule is Oc1cccc(C2CCC=N2)c1. The molecule has 0 bridgehead atoms. The zero-order valence-electron chi connectivity index (χ0n) is 6.77. The number of benzene rings is 1. The van der Waals surface area contributed by atoms with Crippen LogP contribution in [0.2, 0.25) is 0 Å². The van der Waals surface area contributed by atoms with E-state index >= 15 is 0 Å². The van der Waals surface area contributed by atoms with E-state index in [9.17, 15) is 5.11 Å². The van der Waals surface area contributed by atoms with Crippen molar-refractivity contribution in [3.63, 3.8) is 0 Å². The van der Waals surface area contributed by atoms with Gasteiger partial charge in [0.15, 0.2) is 0 Å². The van der Waals surface area contributed by atoms with Crippen LogP contribution in [0.4, 0.5) is 0 Å². The van der Waals surface area contributed by atoms with Crippen molar-refractivity contribution in [1.29, 1.82) is 0 Å². The van der Waals surface area contributed by atoms with E-state index in [0.29, 0.717) is 5.75 Å². The average Bonchev–Trinajstić information content (AvgIpc) is 2.56. The molecule has 1 aliphatic heterocycles. The molecule has 0 aliphatic carbocycles. The topological polar surface area (TPSA) is 32.6 Å². The van der Waals surface area contributed by atoms with E-state index in [4.69, 9.17) is 0 Å². The zero-order valence-corrected chi connectivity index (χ0v) is 6.77. The van der Waals surface area contributed by atoms with Gasteiger partial charge in [-0.1, -0.05) is 12.1 Å². The van der Waals surface area contributed by atoms with E-state index in [-0.39, 0.29) is 6.04 Å². The lowest BCUT2D eigenvalue weighted by Gasteiger charge is -2.06. The molecule has 2 nitrogen and oxygen atoms in total. The molecule has 1 atom stereocenters. The summed E-state index contributed by atoms with van der Waals surface area (Å²) in [4.78, 5) is 4.31. The van der Waals surface area contributed by atoms with Crippen LogP contribution in [0.5, 0.6) is 5.75 Å². The molecule has 1 aromatic carbocycles. The highest BCUT2D eigenvalue weighted by Crippen LogP contribution is 2.27. The lowest BCUT2D eigenvalue weighted by Crippen LogP contribution is -1.89. The van der Waals surface area contributed by atoms with Crippen LogP contribution in [0.15, 0.2) is 29.3 Å². The minimum atomic E-state index is 0.275. The van der Waals surface area contributed by atoms with E-state index in [1.807, 2.05) is 18.3 Å². The molecule has 1 heterocycles. The Hall–Kier alpha value is -1.31. The Morgan fingerprint density at radius 1 is 1.42 bits per heavy atom. The molecule has 1 unspecified atom stereocenters. The second kappa shape index (κ2) is 2.97. The van der Waals surface area contributed by atoms with Gasteiger partial charge in [-0.2, -0.15) is 0 Å². The predicted molar refractivity (Wildman–Crippen MR) is 48.6 cm³/mol. The van der Waals surface area contributed by atoms with Crippen LogP contribution in [0.1, 0.15) is 24.4 Å². The van der Waals surface area contributed by atoms with Gasteiger partial charge in [0.2, 0.25) is 0 Å². The van der Waals surface area contributed by atoms with E-state index in [1.54, 1.807) is 12.1 Å². The molecule has 0 spiro atoms. The Bertz CT molecular complexity index is 306. The molecule has 1 aromatic rings. The van der Waals surface area contributed by atoms with Crippen LogP contribution < -0.4 is 0 Å². The molecule has 0 saturated carbocycles. The molecule has 0 saturated heterocycles.